The highest BCUT2D eigenvalue weighted by Crippen LogP contribution is 2.42. The molecule has 55 heavy (non-hydrogen) atoms. The molecule has 0 amide bonds. The average Bonchev–Trinajstić information content (AvgIpc) is 3.56. The summed E-state index contributed by atoms with van der Waals surface area (Å²) in [4.78, 5) is 0. The molecule has 0 spiro atoms. The van der Waals surface area contributed by atoms with Gasteiger partial charge in [0.2, 0.25) is 0 Å². The van der Waals surface area contributed by atoms with E-state index in [0.29, 0.717) is 12.5 Å². The van der Waals surface area contributed by atoms with Crippen molar-refractivity contribution in [2.45, 2.75) is 80.1 Å². The van der Waals surface area contributed by atoms with Crippen molar-refractivity contribution in [2.24, 2.45) is 0 Å². The molecule has 1 N–H and O–H groups in total. The van der Waals surface area contributed by atoms with Gasteiger partial charge in [-0.3, -0.25) is 0 Å². The number of para-hydroxylation sites is 2. The van der Waals surface area contributed by atoms with Gasteiger partial charge in [-0.25, -0.2) is 0 Å². The molecule has 0 aliphatic carbocycles. The zero-order chi connectivity index (χ0) is 39.7. The van der Waals surface area contributed by atoms with Crippen molar-refractivity contribution in [1.82, 2.24) is 4.57 Å². The number of benzene rings is 7. The minimum atomic E-state index is 0.344. The molecule has 1 aromatic heterocycles. The van der Waals surface area contributed by atoms with Crippen molar-refractivity contribution in [1.29, 1.82) is 0 Å². The number of unbranched alkanes of at least 4 members (excludes halogenated alkanes) is 1. The number of hydrogen-bond donors (Lipinski definition) is 1. The number of nitrogens with zero attached hydrogens (tertiary/aromatic N) is 1. The van der Waals surface area contributed by atoms with E-state index >= 15 is 0 Å². The van der Waals surface area contributed by atoms with Crippen LogP contribution in [-0.4, -0.2) is 16.3 Å². The number of fused-ring (bicyclic) bond motifs is 3. The minimum absolute atomic E-state index is 0.344. The fraction of sp³-hybridized carbons (Fsp3) is 0.245. The van der Waals surface area contributed by atoms with Gasteiger partial charge in [0.25, 0.3) is 0 Å². The van der Waals surface area contributed by atoms with Crippen LogP contribution in [0.2, 0.25) is 0 Å². The number of aliphatic hydroxyl groups excluding tert-OH is 1. The summed E-state index contributed by atoms with van der Waals surface area (Å²) < 4.78 is 2.39. The summed E-state index contributed by atoms with van der Waals surface area (Å²) in [6, 6.07) is 45.2. The minimum Gasteiger partial charge on any atom is -0.396 e. The fourth-order valence-corrected chi connectivity index (χ4v) is 7.45. The Bertz CT molecular complexity index is 2360. The number of allylic oxidation sites excluding steroid dienone is 4. The lowest BCUT2D eigenvalue weighted by molar-refractivity contribution is 0.287. The Balaban J connectivity index is 0.000000458. The molecule has 0 aliphatic heterocycles. The molecule has 2 heteroatoms. The number of hydrogen-bond acceptors (Lipinski definition) is 1. The van der Waals surface area contributed by atoms with E-state index in [1.165, 1.54) is 82.9 Å². The zero-order valence-corrected chi connectivity index (χ0v) is 34.3. The summed E-state index contributed by atoms with van der Waals surface area (Å²) in [5, 5.41) is 18.8. The van der Waals surface area contributed by atoms with Crippen molar-refractivity contribution >= 4 is 54.1 Å². The molecule has 0 aliphatic rings. The van der Waals surface area contributed by atoms with Crippen molar-refractivity contribution in [3.05, 3.63) is 164 Å². The summed E-state index contributed by atoms with van der Waals surface area (Å²) in [7, 11) is 0. The number of rotatable bonds is 8. The van der Waals surface area contributed by atoms with E-state index in [1.807, 2.05) is 27.7 Å². The van der Waals surface area contributed by atoms with Crippen LogP contribution >= 0.6 is 0 Å². The topological polar surface area (TPSA) is 25.2 Å². The Morgan fingerprint density at radius 2 is 1.11 bits per heavy atom. The molecule has 8 aromatic rings. The fourth-order valence-electron chi connectivity index (χ4n) is 7.45. The van der Waals surface area contributed by atoms with Crippen LogP contribution in [-0.2, 0) is 0 Å². The van der Waals surface area contributed by atoms with E-state index in [1.54, 1.807) is 12.2 Å². The smallest absolute Gasteiger partial charge is 0.0541 e. The van der Waals surface area contributed by atoms with Crippen LogP contribution in [0.3, 0.4) is 0 Å². The lowest BCUT2D eigenvalue weighted by Gasteiger charge is -2.19. The van der Waals surface area contributed by atoms with E-state index in [9.17, 15) is 0 Å². The van der Waals surface area contributed by atoms with Crippen LogP contribution in [0.25, 0.3) is 70.9 Å². The van der Waals surface area contributed by atoms with Crippen LogP contribution in [0.1, 0.15) is 85.6 Å². The van der Waals surface area contributed by atoms with Gasteiger partial charge in [0, 0.05) is 29.0 Å². The molecule has 1 heterocycles. The predicted molar refractivity (Wildman–Crippen MR) is 247 cm³/mol. The third kappa shape index (κ3) is 9.27. The molecule has 0 radical (unpaired) electrons. The summed E-state index contributed by atoms with van der Waals surface area (Å²) >= 11 is 0. The molecule has 0 fully saturated rings. The van der Waals surface area contributed by atoms with Crippen LogP contribution in [0.15, 0.2) is 159 Å². The number of aliphatic hydroxyl groups is 1. The average molecular weight is 728 g/mol. The van der Waals surface area contributed by atoms with Gasteiger partial charge in [-0.15, -0.1) is 13.2 Å². The molecule has 7 aromatic carbocycles. The van der Waals surface area contributed by atoms with Crippen LogP contribution in [0, 0.1) is 0 Å². The molecule has 8 rings (SSSR count). The molecule has 0 saturated heterocycles. The molecular formula is C53H61NO. The Morgan fingerprint density at radius 1 is 0.600 bits per heavy atom. The summed E-state index contributed by atoms with van der Waals surface area (Å²) in [6.07, 6.45) is 12.5. The summed E-state index contributed by atoms with van der Waals surface area (Å²) in [5.41, 5.74) is 7.64. The van der Waals surface area contributed by atoms with Crippen LogP contribution in [0.5, 0.6) is 0 Å². The zero-order valence-electron chi connectivity index (χ0n) is 34.3. The van der Waals surface area contributed by atoms with Gasteiger partial charge in [0.1, 0.15) is 0 Å². The molecule has 2 nitrogen and oxygen atoms in total. The van der Waals surface area contributed by atoms with E-state index < -0.39 is 0 Å². The highest BCUT2D eigenvalue weighted by atomic mass is 16.2. The quantitative estimate of drug-likeness (QED) is 0.122. The second-order valence-corrected chi connectivity index (χ2v) is 13.4. The van der Waals surface area contributed by atoms with E-state index in [4.69, 9.17) is 5.11 Å². The van der Waals surface area contributed by atoms with Crippen molar-refractivity contribution in [2.75, 3.05) is 6.61 Å². The molecule has 1 unspecified atom stereocenters. The van der Waals surface area contributed by atoms with Gasteiger partial charge < -0.3 is 9.67 Å². The highest BCUT2D eigenvalue weighted by Gasteiger charge is 2.17. The Kier molecular flexibility index (Phi) is 16.5. The van der Waals surface area contributed by atoms with Gasteiger partial charge >= 0.3 is 0 Å². The normalized spacial score (nSPS) is 11.3. The molecule has 0 saturated carbocycles. The van der Waals surface area contributed by atoms with Gasteiger partial charge in [-0.05, 0) is 107 Å². The van der Waals surface area contributed by atoms with Gasteiger partial charge in [0.15, 0.2) is 0 Å². The lowest BCUT2D eigenvalue weighted by atomic mass is 9.84. The van der Waals surface area contributed by atoms with Gasteiger partial charge in [-0.1, -0.05) is 162 Å². The summed E-state index contributed by atoms with van der Waals surface area (Å²) in [5.74, 6) is 0.442. The summed E-state index contributed by atoms with van der Waals surface area (Å²) in [6.45, 7) is 21.3. The maximum atomic E-state index is 8.07. The first-order valence-electron chi connectivity index (χ1n) is 20.2. The Morgan fingerprint density at radius 3 is 1.62 bits per heavy atom. The van der Waals surface area contributed by atoms with Crippen molar-refractivity contribution < 1.29 is 5.11 Å². The lowest BCUT2D eigenvalue weighted by Crippen LogP contribution is -1.98. The molecule has 284 valence electrons. The first-order chi connectivity index (χ1) is 27.0. The second-order valence-electron chi connectivity index (χ2n) is 13.4. The predicted octanol–water partition coefficient (Wildman–Crippen LogP) is 16.0. The van der Waals surface area contributed by atoms with Gasteiger partial charge in [-0.2, -0.15) is 0 Å². The maximum Gasteiger partial charge on any atom is 0.0541 e. The van der Waals surface area contributed by atoms with Crippen molar-refractivity contribution in [3.8, 4) is 16.8 Å². The van der Waals surface area contributed by atoms with Crippen molar-refractivity contribution in [3.63, 3.8) is 0 Å². The third-order valence-electron chi connectivity index (χ3n) is 9.65. The SMILES string of the molecule is C/C=C\C(CCC)c1ccc2ccc3c(-c4ccc(-n5c6ccccc6c6ccccc65)cc4)ccc4ccc1c2c43.C=CC.C=CC.CC.CCCCO. The first kappa shape index (κ1) is 42.3. The Hall–Kier alpha value is -5.44. The maximum absolute atomic E-state index is 8.07. The third-order valence-corrected chi connectivity index (χ3v) is 9.65. The van der Waals surface area contributed by atoms with E-state index in [-0.39, 0.29) is 0 Å². The molecular weight excluding hydrogens is 667 g/mol. The Labute approximate surface area is 330 Å². The van der Waals surface area contributed by atoms with E-state index in [2.05, 4.69) is 172 Å². The highest BCUT2D eigenvalue weighted by molar-refractivity contribution is 6.26. The standard InChI is InChI=1S/C41H33N.C4H10O.2C3H6.C2H6/c1-3-9-27(10-4-2)32-23-17-29-20-26-37-33(24-18-30-19-25-36(32)40(29)41(30)37)28-15-21-31(22-16-28)42-38-13-7-5-11-34(38)35-12-6-8-14-39(35)42;1-2-3-4-5;2*1-3-2;1-2/h3,5-9,11-27H,4,10H2,1-2H3;5H,2-4H2,1H3;2*3H,1H2,2H3;1-2H3/b9-3-;;;;. The van der Waals surface area contributed by atoms with E-state index in [0.717, 1.165) is 19.3 Å². The van der Waals surface area contributed by atoms with Crippen LogP contribution < -0.4 is 0 Å². The van der Waals surface area contributed by atoms with Crippen LogP contribution in [0.4, 0.5) is 0 Å². The molecule has 1 atom stereocenters. The second kappa shape index (κ2) is 21.4. The molecule has 0 bridgehead atoms. The first-order valence-corrected chi connectivity index (χ1v) is 20.2. The largest absolute Gasteiger partial charge is 0.396 e. The monoisotopic (exact) mass is 727 g/mol. The van der Waals surface area contributed by atoms with Gasteiger partial charge in [0.05, 0.1) is 11.0 Å². The number of aromatic nitrogens is 1.